The van der Waals surface area contributed by atoms with Gasteiger partial charge in [-0.1, -0.05) is 16.9 Å². The van der Waals surface area contributed by atoms with Crippen molar-refractivity contribution in [2.75, 3.05) is 17.7 Å². The van der Waals surface area contributed by atoms with Crippen molar-refractivity contribution in [1.29, 1.82) is 0 Å². The molecule has 0 saturated heterocycles. The lowest BCUT2D eigenvalue weighted by Gasteiger charge is -2.22. The van der Waals surface area contributed by atoms with Crippen LogP contribution < -0.4 is 11.0 Å². The van der Waals surface area contributed by atoms with Crippen LogP contribution in [-0.4, -0.2) is 38.1 Å². The van der Waals surface area contributed by atoms with E-state index >= 15 is 0 Å². The molecule has 140 valence electrons. The number of carbonyl (C=O) groups is 1. The van der Waals surface area contributed by atoms with Crippen molar-refractivity contribution in [3.8, 4) is 0 Å². The van der Waals surface area contributed by atoms with Gasteiger partial charge in [-0.3, -0.25) is 14.7 Å². The van der Waals surface area contributed by atoms with Gasteiger partial charge in [0.05, 0.1) is 11.4 Å². The minimum absolute atomic E-state index is 0.0407. The zero-order valence-electron chi connectivity index (χ0n) is 14.7. The van der Waals surface area contributed by atoms with Gasteiger partial charge in [0, 0.05) is 30.5 Å². The highest BCUT2D eigenvalue weighted by molar-refractivity contribution is 8.00. The van der Waals surface area contributed by atoms with Crippen molar-refractivity contribution in [3.05, 3.63) is 33.5 Å². The number of thioether (sulfide) groups is 1. The first-order valence-corrected chi connectivity index (χ1v) is 9.66. The lowest BCUT2D eigenvalue weighted by molar-refractivity contribution is -0.113. The fourth-order valence-electron chi connectivity index (χ4n) is 3.06. The maximum Gasteiger partial charge on any atom is 0.348 e. The second-order valence-corrected chi connectivity index (χ2v) is 7.19. The van der Waals surface area contributed by atoms with Crippen molar-refractivity contribution in [3.63, 3.8) is 0 Å². The van der Waals surface area contributed by atoms with E-state index in [9.17, 15) is 9.59 Å². The Morgan fingerprint density at radius 2 is 2.23 bits per heavy atom. The summed E-state index contributed by atoms with van der Waals surface area (Å²) in [5, 5.41) is 16.0. The topological polar surface area (TPSA) is 110 Å². The third kappa shape index (κ3) is 4.34. The summed E-state index contributed by atoms with van der Waals surface area (Å²) in [4.78, 5) is 28.7. The first-order chi connectivity index (χ1) is 12.6. The summed E-state index contributed by atoms with van der Waals surface area (Å²) in [6.07, 6.45) is 4.29. The first kappa shape index (κ1) is 18.7. The lowest BCUT2D eigenvalue weighted by Crippen LogP contribution is -2.30. The third-order valence-electron chi connectivity index (χ3n) is 4.22. The molecule has 9 heteroatoms. The Balaban J connectivity index is 1.74. The standard InChI is InChI=1S/C17H22N4O4S/c1-11-9-15(25-20-11)18-14(23)10-26-16-12-5-2-3-6-13(12)21(7-4-8-22)17(24)19-16/h9,22H,2-8,10H2,1H3,(H,18,23). The molecule has 0 aromatic carbocycles. The van der Waals surface area contributed by atoms with Crippen LogP contribution in [0.1, 0.15) is 36.2 Å². The average Bonchev–Trinajstić information content (AvgIpc) is 3.04. The Labute approximate surface area is 155 Å². The molecule has 0 aliphatic heterocycles. The maximum absolute atomic E-state index is 12.4. The fraction of sp³-hybridized carbons (Fsp3) is 0.529. The molecule has 0 atom stereocenters. The zero-order valence-corrected chi connectivity index (χ0v) is 15.5. The second-order valence-electron chi connectivity index (χ2n) is 6.23. The Morgan fingerprint density at radius 1 is 1.42 bits per heavy atom. The van der Waals surface area contributed by atoms with Gasteiger partial charge in [0.2, 0.25) is 11.8 Å². The molecule has 8 nitrogen and oxygen atoms in total. The highest BCUT2D eigenvalue weighted by Gasteiger charge is 2.21. The van der Waals surface area contributed by atoms with Crippen LogP contribution in [0.2, 0.25) is 0 Å². The monoisotopic (exact) mass is 378 g/mol. The van der Waals surface area contributed by atoms with Gasteiger partial charge in [0.15, 0.2) is 0 Å². The first-order valence-electron chi connectivity index (χ1n) is 8.68. The van der Waals surface area contributed by atoms with Crippen molar-refractivity contribution in [1.82, 2.24) is 14.7 Å². The second kappa shape index (κ2) is 8.50. The molecule has 1 aliphatic carbocycles. The quantitative estimate of drug-likeness (QED) is 0.555. The summed E-state index contributed by atoms with van der Waals surface area (Å²) in [5.74, 6) is 0.212. The van der Waals surface area contributed by atoms with Gasteiger partial charge in [-0.05, 0) is 39.0 Å². The van der Waals surface area contributed by atoms with Crippen molar-refractivity contribution in [2.24, 2.45) is 0 Å². The van der Waals surface area contributed by atoms with Crippen LogP contribution in [0, 0.1) is 6.92 Å². The fourth-order valence-corrected chi connectivity index (χ4v) is 3.93. The number of amides is 1. The van der Waals surface area contributed by atoms with Gasteiger partial charge < -0.3 is 9.63 Å². The Morgan fingerprint density at radius 3 is 2.96 bits per heavy atom. The number of carbonyl (C=O) groups excluding carboxylic acids is 1. The van der Waals surface area contributed by atoms with Gasteiger partial charge in [-0.2, -0.15) is 4.98 Å². The van der Waals surface area contributed by atoms with E-state index in [-0.39, 0.29) is 24.0 Å². The predicted octanol–water partition coefficient (Wildman–Crippen LogP) is 1.53. The third-order valence-corrected chi connectivity index (χ3v) is 5.24. The van der Waals surface area contributed by atoms with E-state index in [0.717, 1.165) is 36.9 Å². The lowest BCUT2D eigenvalue weighted by atomic mass is 9.97. The van der Waals surface area contributed by atoms with Crippen LogP contribution in [0.4, 0.5) is 5.88 Å². The van der Waals surface area contributed by atoms with Crippen LogP contribution in [0.25, 0.3) is 0 Å². The average molecular weight is 378 g/mol. The SMILES string of the molecule is Cc1cc(NC(=O)CSc2nc(=O)n(CCCO)c3c2CCCC3)on1. The zero-order chi connectivity index (χ0) is 18.5. The molecule has 0 bridgehead atoms. The van der Waals surface area contributed by atoms with Crippen molar-refractivity contribution >= 4 is 23.6 Å². The summed E-state index contributed by atoms with van der Waals surface area (Å²) < 4.78 is 6.64. The van der Waals surface area contributed by atoms with Gasteiger partial charge in [-0.15, -0.1) is 0 Å². The predicted molar refractivity (Wildman–Crippen MR) is 97.4 cm³/mol. The number of rotatable bonds is 7. The Kier molecular flexibility index (Phi) is 6.10. The summed E-state index contributed by atoms with van der Waals surface area (Å²) >= 11 is 1.27. The van der Waals surface area contributed by atoms with Crippen LogP contribution >= 0.6 is 11.8 Å². The van der Waals surface area contributed by atoms with E-state index in [0.29, 0.717) is 29.6 Å². The van der Waals surface area contributed by atoms with E-state index < -0.39 is 0 Å². The number of anilines is 1. The van der Waals surface area contributed by atoms with E-state index in [2.05, 4.69) is 15.5 Å². The number of hydrogen-bond acceptors (Lipinski definition) is 7. The Bertz CT molecular complexity index is 846. The van der Waals surface area contributed by atoms with E-state index in [4.69, 9.17) is 9.63 Å². The molecule has 3 rings (SSSR count). The van der Waals surface area contributed by atoms with E-state index in [1.54, 1.807) is 17.6 Å². The molecule has 2 N–H and O–H groups in total. The number of hydrogen-bond donors (Lipinski definition) is 2. The maximum atomic E-state index is 12.4. The Hall–Kier alpha value is -2.13. The van der Waals surface area contributed by atoms with Crippen molar-refractivity contribution < 1.29 is 14.4 Å². The normalized spacial score (nSPS) is 13.5. The number of fused-ring (bicyclic) bond motifs is 1. The van der Waals surface area contributed by atoms with Gasteiger partial charge in [0.25, 0.3) is 0 Å². The number of aromatic nitrogens is 3. The molecule has 26 heavy (non-hydrogen) atoms. The molecule has 0 fully saturated rings. The number of aryl methyl sites for hydroxylation is 1. The molecule has 2 aromatic rings. The minimum Gasteiger partial charge on any atom is -0.396 e. The summed E-state index contributed by atoms with van der Waals surface area (Å²) in [6, 6.07) is 1.64. The number of aliphatic hydroxyl groups is 1. The van der Waals surface area contributed by atoms with E-state index in [1.807, 2.05) is 0 Å². The largest absolute Gasteiger partial charge is 0.396 e. The molecule has 0 spiro atoms. The number of aliphatic hydroxyl groups excluding tert-OH is 1. The molecule has 2 aromatic heterocycles. The molecular weight excluding hydrogens is 356 g/mol. The molecular formula is C17H22N4O4S. The summed E-state index contributed by atoms with van der Waals surface area (Å²) in [5.41, 5.74) is 2.43. The van der Waals surface area contributed by atoms with Crippen LogP contribution in [0.3, 0.4) is 0 Å². The molecule has 2 heterocycles. The number of nitrogens with one attached hydrogen (secondary N) is 1. The molecule has 0 unspecified atom stereocenters. The van der Waals surface area contributed by atoms with Crippen LogP contribution in [0.5, 0.6) is 0 Å². The van der Waals surface area contributed by atoms with Gasteiger partial charge in [-0.25, -0.2) is 4.79 Å². The molecule has 1 aliphatic rings. The van der Waals surface area contributed by atoms with Crippen LogP contribution in [-0.2, 0) is 24.2 Å². The highest BCUT2D eigenvalue weighted by atomic mass is 32.2. The van der Waals surface area contributed by atoms with Crippen molar-refractivity contribution in [2.45, 2.75) is 50.6 Å². The molecule has 0 radical (unpaired) electrons. The number of nitrogens with zero attached hydrogens (tertiary/aromatic N) is 3. The summed E-state index contributed by atoms with van der Waals surface area (Å²) in [6.45, 7) is 2.29. The van der Waals surface area contributed by atoms with Gasteiger partial charge >= 0.3 is 5.69 Å². The molecule has 0 saturated carbocycles. The van der Waals surface area contributed by atoms with Gasteiger partial charge in [0.1, 0.15) is 5.03 Å². The minimum atomic E-state index is -0.312. The molecule has 1 amide bonds. The van der Waals surface area contributed by atoms with E-state index in [1.165, 1.54) is 11.8 Å². The smallest absolute Gasteiger partial charge is 0.348 e. The highest BCUT2D eigenvalue weighted by Crippen LogP contribution is 2.28. The summed E-state index contributed by atoms with van der Waals surface area (Å²) in [7, 11) is 0. The van der Waals surface area contributed by atoms with Crippen LogP contribution in [0.15, 0.2) is 20.4 Å².